The number of carbonyl (C=O) groups excluding carboxylic acids is 1. The van der Waals surface area contributed by atoms with Crippen LogP contribution in [0.25, 0.3) is 0 Å². The van der Waals surface area contributed by atoms with Crippen LogP contribution < -0.4 is 10.6 Å². The van der Waals surface area contributed by atoms with Crippen molar-refractivity contribution >= 4 is 11.6 Å². The summed E-state index contributed by atoms with van der Waals surface area (Å²) in [4.78, 5) is 11.9. The Morgan fingerprint density at radius 1 is 1.28 bits per heavy atom. The summed E-state index contributed by atoms with van der Waals surface area (Å²) < 4.78 is 0. The number of hydrogen-bond donors (Lipinski definition) is 2. The maximum absolute atomic E-state index is 11.9. The van der Waals surface area contributed by atoms with E-state index in [2.05, 4.69) is 43.5 Å². The highest BCUT2D eigenvalue weighted by atomic mass is 16.2. The van der Waals surface area contributed by atoms with Crippen molar-refractivity contribution in [3.05, 3.63) is 29.3 Å². The lowest BCUT2D eigenvalue weighted by atomic mass is 10.1. The summed E-state index contributed by atoms with van der Waals surface area (Å²) in [6, 6.07) is 6.19. The van der Waals surface area contributed by atoms with Crippen LogP contribution in [0.1, 0.15) is 38.3 Å². The maximum Gasteiger partial charge on any atom is 0.242 e. The summed E-state index contributed by atoms with van der Waals surface area (Å²) in [6.07, 6.45) is 0.946. The fourth-order valence-electron chi connectivity index (χ4n) is 1.74. The number of nitrogens with one attached hydrogen (secondary N) is 2. The topological polar surface area (TPSA) is 41.1 Å². The summed E-state index contributed by atoms with van der Waals surface area (Å²) in [5.74, 6) is 0.0457. The van der Waals surface area contributed by atoms with Gasteiger partial charge in [-0.2, -0.15) is 0 Å². The highest BCUT2D eigenvalue weighted by Gasteiger charge is 2.14. The van der Waals surface area contributed by atoms with E-state index in [1.165, 1.54) is 5.56 Å². The minimum Gasteiger partial charge on any atom is -0.374 e. The summed E-state index contributed by atoms with van der Waals surface area (Å²) in [5, 5.41) is 6.23. The Kier molecular flexibility index (Phi) is 5.20. The molecule has 100 valence electrons. The van der Waals surface area contributed by atoms with Crippen molar-refractivity contribution in [2.24, 2.45) is 0 Å². The van der Waals surface area contributed by atoms with Crippen LogP contribution in [0.15, 0.2) is 18.2 Å². The number of benzene rings is 1. The third-order valence-corrected chi connectivity index (χ3v) is 3.15. The van der Waals surface area contributed by atoms with E-state index in [1.54, 1.807) is 0 Å². The standard InChI is InChI=1S/C15H24N2O/c1-6-12(4)16-15(18)13(5)17-14-8-7-10(2)9-11(14)3/h7-9,12-13,17H,6H2,1-5H3,(H,16,18). The predicted octanol–water partition coefficient (Wildman–Crippen LogP) is 3.02. The highest BCUT2D eigenvalue weighted by Crippen LogP contribution is 2.16. The van der Waals surface area contributed by atoms with Crippen molar-refractivity contribution in [3.8, 4) is 0 Å². The molecule has 0 aliphatic heterocycles. The first-order chi connectivity index (χ1) is 8.43. The van der Waals surface area contributed by atoms with Gasteiger partial charge in [-0.1, -0.05) is 24.6 Å². The van der Waals surface area contributed by atoms with Gasteiger partial charge in [0.15, 0.2) is 0 Å². The van der Waals surface area contributed by atoms with Crippen LogP contribution in [0, 0.1) is 13.8 Å². The van der Waals surface area contributed by atoms with Gasteiger partial charge in [0.2, 0.25) is 5.91 Å². The molecule has 0 saturated heterocycles. The molecule has 0 heterocycles. The molecule has 0 radical (unpaired) electrons. The molecule has 2 N–H and O–H groups in total. The maximum atomic E-state index is 11.9. The normalized spacial score (nSPS) is 13.8. The first-order valence-electron chi connectivity index (χ1n) is 6.58. The summed E-state index contributed by atoms with van der Waals surface area (Å²) in [6.45, 7) is 10.1. The van der Waals surface area contributed by atoms with Crippen molar-refractivity contribution in [1.82, 2.24) is 5.32 Å². The first-order valence-corrected chi connectivity index (χ1v) is 6.58. The number of carbonyl (C=O) groups is 1. The van der Waals surface area contributed by atoms with E-state index in [-0.39, 0.29) is 18.0 Å². The number of amides is 1. The van der Waals surface area contributed by atoms with Crippen molar-refractivity contribution < 1.29 is 4.79 Å². The largest absolute Gasteiger partial charge is 0.374 e. The highest BCUT2D eigenvalue weighted by molar-refractivity contribution is 5.84. The second-order valence-corrected chi connectivity index (χ2v) is 5.00. The van der Waals surface area contributed by atoms with E-state index in [0.29, 0.717) is 0 Å². The quantitative estimate of drug-likeness (QED) is 0.841. The van der Waals surface area contributed by atoms with E-state index >= 15 is 0 Å². The van der Waals surface area contributed by atoms with Crippen molar-refractivity contribution in [2.45, 2.75) is 53.1 Å². The van der Waals surface area contributed by atoms with Gasteiger partial charge in [0.05, 0.1) is 0 Å². The SMILES string of the molecule is CCC(C)NC(=O)C(C)Nc1ccc(C)cc1C. The smallest absolute Gasteiger partial charge is 0.242 e. The average molecular weight is 248 g/mol. The van der Waals surface area contributed by atoms with Gasteiger partial charge < -0.3 is 10.6 Å². The number of anilines is 1. The van der Waals surface area contributed by atoms with Crippen molar-refractivity contribution in [3.63, 3.8) is 0 Å². The monoisotopic (exact) mass is 248 g/mol. The molecule has 3 heteroatoms. The van der Waals surface area contributed by atoms with Gasteiger partial charge in [0.25, 0.3) is 0 Å². The zero-order chi connectivity index (χ0) is 13.7. The Balaban J connectivity index is 2.63. The third kappa shape index (κ3) is 4.06. The Labute approximate surface area is 110 Å². The molecule has 18 heavy (non-hydrogen) atoms. The number of hydrogen-bond acceptors (Lipinski definition) is 2. The van der Waals surface area contributed by atoms with Gasteiger partial charge in [0.1, 0.15) is 6.04 Å². The van der Waals surface area contributed by atoms with Crippen LogP contribution in [-0.4, -0.2) is 18.0 Å². The van der Waals surface area contributed by atoms with E-state index < -0.39 is 0 Å². The van der Waals surface area contributed by atoms with E-state index in [0.717, 1.165) is 17.7 Å². The molecule has 0 aromatic heterocycles. The molecule has 0 bridgehead atoms. The molecule has 2 unspecified atom stereocenters. The van der Waals surface area contributed by atoms with Gasteiger partial charge in [-0.3, -0.25) is 4.79 Å². The van der Waals surface area contributed by atoms with Gasteiger partial charge in [-0.15, -0.1) is 0 Å². The second kappa shape index (κ2) is 6.43. The van der Waals surface area contributed by atoms with E-state index in [4.69, 9.17) is 0 Å². The molecular formula is C15H24N2O. The minimum absolute atomic E-state index is 0.0457. The van der Waals surface area contributed by atoms with Crippen LogP contribution in [0.4, 0.5) is 5.69 Å². The molecule has 3 nitrogen and oxygen atoms in total. The molecule has 1 aromatic rings. The zero-order valence-corrected chi connectivity index (χ0v) is 12.0. The summed E-state index contributed by atoms with van der Waals surface area (Å²) in [5.41, 5.74) is 3.42. The molecule has 2 atom stereocenters. The lowest BCUT2D eigenvalue weighted by Crippen LogP contribution is -2.41. The molecule has 0 aliphatic rings. The predicted molar refractivity (Wildman–Crippen MR) is 76.9 cm³/mol. The fourth-order valence-corrected chi connectivity index (χ4v) is 1.74. The lowest BCUT2D eigenvalue weighted by molar-refractivity contribution is -0.122. The molecule has 0 spiro atoms. The average Bonchev–Trinajstić information content (AvgIpc) is 2.32. The molecule has 1 amide bonds. The van der Waals surface area contributed by atoms with Gasteiger partial charge in [-0.25, -0.2) is 0 Å². The van der Waals surface area contributed by atoms with E-state index in [1.807, 2.05) is 19.9 Å². The number of rotatable bonds is 5. The van der Waals surface area contributed by atoms with Gasteiger partial charge in [0, 0.05) is 11.7 Å². The Bertz CT molecular complexity index is 415. The zero-order valence-electron chi connectivity index (χ0n) is 12.0. The van der Waals surface area contributed by atoms with Crippen LogP contribution in [-0.2, 0) is 4.79 Å². The van der Waals surface area contributed by atoms with Gasteiger partial charge in [-0.05, 0) is 45.7 Å². The summed E-state index contributed by atoms with van der Waals surface area (Å²) in [7, 11) is 0. The van der Waals surface area contributed by atoms with Crippen molar-refractivity contribution in [2.75, 3.05) is 5.32 Å². The molecular weight excluding hydrogens is 224 g/mol. The minimum atomic E-state index is -0.222. The Hall–Kier alpha value is -1.51. The van der Waals surface area contributed by atoms with Crippen molar-refractivity contribution in [1.29, 1.82) is 0 Å². The van der Waals surface area contributed by atoms with Crippen LogP contribution in [0.3, 0.4) is 0 Å². The number of aryl methyl sites for hydroxylation is 2. The fraction of sp³-hybridized carbons (Fsp3) is 0.533. The third-order valence-electron chi connectivity index (χ3n) is 3.15. The lowest BCUT2D eigenvalue weighted by Gasteiger charge is -2.19. The van der Waals surface area contributed by atoms with Crippen LogP contribution in [0.5, 0.6) is 0 Å². The Morgan fingerprint density at radius 2 is 1.94 bits per heavy atom. The first kappa shape index (κ1) is 14.6. The van der Waals surface area contributed by atoms with Gasteiger partial charge >= 0.3 is 0 Å². The molecule has 1 rings (SSSR count). The molecule has 0 aliphatic carbocycles. The molecule has 1 aromatic carbocycles. The molecule has 0 fully saturated rings. The summed E-state index contributed by atoms with van der Waals surface area (Å²) >= 11 is 0. The molecule has 0 saturated carbocycles. The van der Waals surface area contributed by atoms with Crippen LogP contribution in [0.2, 0.25) is 0 Å². The Morgan fingerprint density at radius 3 is 2.50 bits per heavy atom. The second-order valence-electron chi connectivity index (χ2n) is 5.00. The van der Waals surface area contributed by atoms with Crippen LogP contribution >= 0.6 is 0 Å². The van der Waals surface area contributed by atoms with E-state index in [9.17, 15) is 4.79 Å².